The minimum atomic E-state index is -4.84. The second-order valence-electron chi connectivity index (χ2n) is 2.91. The van der Waals surface area contributed by atoms with Crippen molar-refractivity contribution >= 4 is 11.5 Å². The Bertz CT molecular complexity index is 435. The van der Waals surface area contributed by atoms with E-state index in [-0.39, 0.29) is 6.08 Å². The summed E-state index contributed by atoms with van der Waals surface area (Å²) in [5, 5.41) is 17.6. The van der Waals surface area contributed by atoms with Gasteiger partial charge in [-0.25, -0.2) is 4.79 Å². The summed E-state index contributed by atoms with van der Waals surface area (Å²) in [7, 11) is 0. The topological polar surface area (TPSA) is 57.5 Å². The van der Waals surface area contributed by atoms with Crippen LogP contribution in [0.3, 0.4) is 0 Å². The third kappa shape index (κ3) is 2.75. The summed E-state index contributed by atoms with van der Waals surface area (Å²) in [6.45, 7) is 0. The van der Waals surface area contributed by atoms with Crippen LogP contribution in [0.25, 0.3) is 5.57 Å². The number of halogens is 3. The van der Waals surface area contributed by atoms with Crippen LogP contribution in [0, 0.1) is 0 Å². The predicted octanol–water partition coefficient (Wildman–Crippen LogP) is 2.42. The number of rotatable bonds is 2. The molecule has 1 aromatic carbocycles. The molecule has 1 aromatic rings. The van der Waals surface area contributed by atoms with Crippen molar-refractivity contribution in [1.29, 1.82) is 0 Å². The Morgan fingerprint density at radius 3 is 2.25 bits per heavy atom. The van der Waals surface area contributed by atoms with Crippen LogP contribution in [-0.4, -0.2) is 22.4 Å². The second kappa shape index (κ2) is 4.26. The fourth-order valence-electron chi connectivity index (χ4n) is 1.14. The summed E-state index contributed by atoms with van der Waals surface area (Å²) >= 11 is 0. The summed E-state index contributed by atoms with van der Waals surface area (Å²) in [5.41, 5.74) is -1.95. The zero-order valence-corrected chi connectivity index (χ0v) is 7.82. The van der Waals surface area contributed by atoms with E-state index in [4.69, 9.17) is 5.11 Å². The first kappa shape index (κ1) is 12.1. The molecule has 0 fully saturated rings. The molecule has 0 aliphatic carbocycles. The van der Waals surface area contributed by atoms with Crippen molar-refractivity contribution in [1.82, 2.24) is 0 Å². The summed E-state index contributed by atoms with van der Waals surface area (Å²) < 4.78 is 37.5. The fraction of sp³-hybridized carbons (Fsp3) is 0.100. The zero-order valence-electron chi connectivity index (χ0n) is 7.82. The smallest absolute Gasteiger partial charge is 0.417 e. The highest BCUT2D eigenvalue weighted by molar-refractivity contribution is 5.92. The average Bonchev–Trinajstić information content (AvgIpc) is 2.13. The fourth-order valence-corrected chi connectivity index (χ4v) is 1.14. The molecule has 0 aromatic heterocycles. The number of phenols is 1. The SMILES string of the molecule is O=C(O)/C=C(\c1ccccc1O)C(F)(F)F. The van der Waals surface area contributed by atoms with Gasteiger partial charge in [0.2, 0.25) is 0 Å². The molecule has 0 amide bonds. The third-order valence-corrected chi connectivity index (χ3v) is 1.77. The molecule has 1 rings (SSSR count). The Kier molecular flexibility index (Phi) is 3.22. The molecule has 0 atom stereocenters. The number of aromatic hydroxyl groups is 1. The van der Waals surface area contributed by atoms with Crippen molar-refractivity contribution in [2.45, 2.75) is 6.18 Å². The van der Waals surface area contributed by atoms with Crippen molar-refractivity contribution in [2.24, 2.45) is 0 Å². The minimum Gasteiger partial charge on any atom is -0.507 e. The lowest BCUT2D eigenvalue weighted by Crippen LogP contribution is -2.12. The largest absolute Gasteiger partial charge is 0.507 e. The van der Waals surface area contributed by atoms with Gasteiger partial charge in [-0.1, -0.05) is 18.2 Å². The normalized spacial score (nSPS) is 12.6. The Balaban J connectivity index is 3.34. The third-order valence-electron chi connectivity index (χ3n) is 1.77. The lowest BCUT2D eigenvalue weighted by Gasteiger charge is -2.12. The Labute approximate surface area is 88.4 Å². The van der Waals surface area contributed by atoms with Crippen LogP contribution >= 0.6 is 0 Å². The van der Waals surface area contributed by atoms with Gasteiger partial charge in [0.25, 0.3) is 0 Å². The first-order valence-electron chi connectivity index (χ1n) is 4.12. The van der Waals surface area contributed by atoms with Gasteiger partial charge >= 0.3 is 12.1 Å². The van der Waals surface area contributed by atoms with E-state index in [9.17, 15) is 23.1 Å². The van der Waals surface area contributed by atoms with Crippen molar-refractivity contribution < 1.29 is 28.2 Å². The van der Waals surface area contributed by atoms with E-state index in [0.717, 1.165) is 12.1 Å². The molecule has 0 aliphatic heterocycles. The Hall–Kier alpha value is -1.98. The van der Waals surface area contributed by atoms with Crippen LogP contribution in [0.15, 0.2) is 30.3 Å². The van der Waals surface area contributed by atoms with E-state index in [1.54, 1.807) is 0 Å². The van der Waals surface area contributed by atoms with Gasteiger partial charge in [0.1, 0.15) is 5.75 Å². The molecule has 0 radical (unpaired) electrons. The summed E-state index contributed by atoms with van der Waals surface area (Å²) in [6, 6.07) is 4.67. The molecule has 0 heterocycles. The molecule has 3 nitrogen and oxygen atoms in total. The highest BCUT2D eigenvalue weighted by Crippen LogP contribution is 2.37. The highest BCUT2D eigenvalue weighted by atomic mass is 19.4. The number of hydrogen-bond donors (Lipinski definition) is 2. The molecular weight excluding hydrogens is 225 g/mol. The average molecular weight is 232 g/mol. The summed E-state index contributed by atoms with van der Waals surface area (Å²) in [6.07, 6.45) is -4.81. The van der Waals surface area contributed by atoms with Crippen molar-refractivity contribution in [3.8, 4) is 5.75 Å². The number of benzene rings is 1. The van der Waals surface area contributed by atoms with Gasteiger partial charge in [-0.3, -0.25) is 0 Å². The standard InChI is InChI=1S/C10H7F3O3/c11-10(12,13)7(5-9(15)16)6-3-1-2-4-8(6)14/h1-5,14H,(H,15,16)/b7-5+. The van der Waals surface area contributed by atoms with Crippen LogP contribution in [-0.2, 0) is 4.79 Å². The van der Waals surface area contributed by atoms with Crippen molar-refractivity contribution in [3.63, 3.8) is 0 Å². The first-order chi connectivity index (χ1) is 7.32. The van der Waals surface area contributed by atoms with Gasteiger partial charge in [-0.15, -0.1) is 0 Å². The van der Waals surface area contributed by atoms with E-state index >= 15 is 0 Å². The lowest BCUT2D eigenvalue weighted by atomic mass is 10.0. The minimum absolute atomic E-state index is 0.0229. The molecular formula is C10H7F3O3. The molecule has 2 N–H and O–H groups in total. The van der Waals surface area contributed by atoms with Crippen molar-refractivity contribution in [2.75, 3.05) is 0 Å². The number of phenolic OH excluding ortho intramolecular Hbond substituents is 1. The second-order valence-corrected chi connectivity index (χ2v) is 2.91. The van der Waals surface area contributed by atoms with E-state index in [1.165, 1.54) is 12.1 Å². The number of carboxylic acid groups (broad SMARTS) is 1. The van der Waals surface area contributed by atoms with E-state index < -0.39 is 29.0 Å². The van der Waals surface area contributed by atoms with Gasteiger partial charge in [0.05, 0.1) is 5.57 Å². The molecule has 0 saturated heterocycles. The van der Waals surface area contributed by atoms with Gasteiger partial charge in [0, 0.05) is 11.6 Å². The van der Waals surface area contributed by atoms with E-state index in [1.807, 2.05) is 0 Å². The number of para-hydroxylation sites is 1. The molecule has 0 unspecified atom stereocenters. The number of hydrogen-bond acceptors (Lipinski definition) is 2. The maximum atomic E-state index is 12.5. The molecule has 0 bridgehead atoms. The number of alkyl halides is 3. The van der Waals surface area contributed by atoms with Crippen LogP contribution in [0.1, 0.15) is 5.56 Å². The van der Waals surface area contributed by atoms with Gasteiger partial charge in [-0.2, -0.15) is 13.2 Å². The number of carbonyl (C=O) groups is 1. The number of allylic oxidation sites excluding steroid dienone is 1. The van der Waals surface area contributed by atoms with E-state index in [0.29, 0.717) is 0 Å². The maximum Gasteiger partial charge on any atom is 0.417 e. The summed E-state index contributed by atoms with van der Waals surface area (Å²) in [4.78, 5) is 10.3. The number of carboxylic acids is 1. The highest BCUT2D eigenvalue weighted by Gasteiger charge is 2.36. The molecule has 0 saturated carbocycles. The van der Waals surface area contributed by atoms with Crippen LogP contribution in [0.5, 0.6) is 5.75 Å². The number of aliphatic carboxylic acids is 1. The maximum absolute atomic E-state index is 12.5. The molecule has 6 heteroatoms. The first-order valence-corrected chi connectivity index (χ1v) is 4.12. The van der Waals surface area contributed by atoms with Gasteiger partial charge in [0.15, 0.2) is 0 Å². The van der Waals surface area contributed by atoms with Gasteiger partial charge in [-0.05, 0) is 6.07 Å². The zero-order chi connectivity index (χ0) is 12.3. The Morgan fingerprint density at radius 1 is 1.25 bits per heavy atom. The molecule has 16 heavy (non-hydrogen) atoms. The predicted molar refractivity (Wildman–Crippen MR) is 49.8 cm³/mol. The molecule has 86 valence electrons. The lowest BCUT2D eigenvalue weighted by molar-refractivity contribution is -0.131. The van der Waals surface area contributed by atoms with E-state index in [2.05, 4.69) is 0 Å². The quantitative estimate of drug-likeness (QED) is 0.770. The summed E-state index contributed by atoms with van der Waals surface area (Å²) in [5.74, 6) is -2.34. The van der Waals surface area contributed by atoms with Crippen LogP contribution in [0.2, 0.25) is 0 Å². The Morgan fingerprint density at radius 2 is 1.81 bits per heavy atom. The van der Waals surface area contributed by atoms with Crippen molar-refractivity contribution in [3.05, 3.63) is 35.9 Å². The van der Waals surface area contributed by atoms with Crippen LogP contribution < -0.4 is 0 Å². The monoisotopic (exact) mass is 232 g/mol. The molecule has 0 spiro atoms. The molecule has 0 aliphatic rings. The van der Waals surface area contributed by atoms with Gasteiger partial charge < -0.3 is 10.2 Å². The van der Waals surface area contributed by atoms with Crippen LogP contribution in [0.4, 0.5) is 13.2 Å².